The summed E-state index contributed by atoms with van der Waals surface area (Å²) in [5.41, 5.74) is 8.06. The molecule has 1 aromatic carbocycles. The Morgan fingerprint density at radius 1 is 1.39 bits per heavy atom. The summed E-state index contributed by atoms with van der Waals surface area (Å²) in [6.07, 6.45) is 7.84. The molecule has 94 valence electrons. The van der Waals surface area contributed by atoms with Gasteiger partial charge >= 0.3 is 0 Å². The molecule has 0 radical (unpaired) electrons. The van der Waals surface area contributed by atoms with Crippen LogP contribution in [-0.4, -0.2) is 9.55 Å². The predicted octanol–water partition coefficient (Wildman–Crippen LogP) is 2.93. The average Bonchev–Trinajstić information content (AvgIpc) is 2.69. The molecular weight excluding hydrogens is 222 g/mol. The van der Waals surface area contributed by atoms with Crippen molar-refractivity contribution in [3.8, 4) is 0 Å². The Kier molecular flexibility index (Phi) is 2.82. The van der Waals surface area contributed by atoms with Gasteiger partial charge in [0.05, 0.1) is 0 Å². The van der Waals surface area contributed by atoms with E-state index in [9.17, 15) is 0 Å². The van der Waals surface area contributed by atoms with E-state index in [2.05, 4.69) is 28.7 Å². The summed E-state index contributed by atoms with van der Waals surface area (Å²) < 4.78 is 2.13. The van der Waals surface area contributed by atoms with E-state index in [-0.39, 0.29) is 0 Å². The van der Waals surface area contributed by atoms with Gasteiger partial charge in [-0.2, -0.15) is 0 Å². The van der Waals surface area contributed by atoms with Crippen LogP contribution in [0.2, 0.25) is 0 Å². The summed E-state index contributed by atoms with van der Waals surface area (Å²) in [6.45, 7) is 0. The molecule has 1 heterocycles. The first kappa shape index (κ1) is 11.3. The molecule has 0 unspecified atom stereocenters. The maximum atomic E-state index is 5.92. The van der Waals surface area contributed by atoms with Crippen LogP contribution in [0.25, 0.3) is 0 Å². The number of aromatic nitrogens is 2. The molecule has 0 bridgehead atoms. The highest BCUT2D eigenvalue weighted by Gasteiger charge is 2.32. The van der Waals surface area contributed by atoms with Crippen LogP contribution in [0.15, 0.2) is 36.7 Å². The molecule has 0 saturated heterocycles. The molecule has 2 aromatic rings. The SMILES string of the molecule is Cn1ccnc1[C@H](c1cccc(N)c1)C1CCC1. The van der Waals surface area contributed by atoms with Crippen LogP contribution in [0.4, 0.5) is 5.69 Å². The number of anilines is 1. The van der Waals surface area contributed by atoms with Crippen molar-refractivity contribution in [1.29, 1.82) is 0 Å². The Hall–Kier alpha value is -1.77. The number of hydrogen-bond donors (Lipinski definition) is 1. The lowest BCUT2D eigenvalue weighted by molar-refractivity contribution is 0.275. The van der Waals surface area contributed by atoms with E-state index >= 15 is 0 Å². The third-order valence-electron chi connectivity index (χ3n) is 4.03. The van der Waals surface area contributed by atoms with Gasteiger partial charge in [0.25, 0.3) is 0 Å². The minimum absolute atomic E-state index is 0.391. The van der Waals surface area contributed by atoms with Gasteiger partial charge in [0.15, 0.2) is 0 Å². The minimum atomic E-state index is 0.391. The maximum Gasteiger partial charge on any atom is 0.116 e. The van der Waals surface area contributed by atoms with Crippen LogP contribution in [0.5, 0.6) is 0 Å². The van der Waals surface area contributed by atoms with Crippen molar-refractivity contribution in [1.82, 2.24) is 9.55 Å². The van der Waals surface area contributed by atoms with Crippen molar-refractivity contribution in [3.63, 3.8) is 0 Å². The van der Waals surface area contributed by atoms with Gasteiger partial charge in [0, 0.05) is 31.0 Å². The smallest absolute Gasteiger partial charge is 0.116 e. The Morgan fingerprint density at radius 2 is 2.22 bits per heavy atom. The van der Waals surface area contributed by atoms with E-state index in [1.165, 1.54) is 24.8 Å². The summed E-state index contributed by atoms with van der Waals surface area (Å²) in [6, 6.07) is 8.25. The second kappa shape index (κ2) is 4.48. The Labute approximate surface area is 108 Å². The number of benzene rings is 1. The predicted molar refractivity (Wildman–Crippen MR) is 73.2 cm³/mol. The molecule has 1 aromatic heterocycles. The molecule has 18 heavy (non-hydrogen) atoms. The second-order valence-electron chi connectivity index (χ2n) is 5.24. The molecule has 1 aliphatic carbocycles. The number of nitrogens with two attached hydrogens (primary N) is 1. The van der Waals surface area contributed by atoms with E-state index < -0.39 is 0 Å². The highest BCUT2D eigenvalue weighted by Crippen LogP contribution is 2.42. The van der Waals surface area contributed by atoms with Crippen LogP contribution in [0.1, 0.15) is 36.6 Å². The summed E-state index contributed by atoms with van der Waals surface area (Å²) in [5.74, 6) is 2.26. The number of imidazole rings is 1. The van der Waals surface area contributed by atoms with E-state index in [4.69, 9.17) is 5.73 Å². The molecule has 0 aliphatic heterocycles. The fourth-order valence-electron chi connectivity index (χ4n) is 2.83. The Balaban J connectivity index is 2.03. The lowest BCUT2D eigenvalue weighted by atomic mass is 9.72. The molecule has 1 atom stereocenters. The third-order valence-corrected chi connectivity index (χ3v) is 4.03. The molecule has 1 fully saturated rings. The van der Waals surface area contributed by atoms with Crippen molar-refractivity contribution in [2.75, 3.05) is 5.73 Å². The summed E-state index contributed by atoms with van der Waals surface area (Å²) in [4.78, 5) is 4.55. The first-order valence-corrected chi connectivity index (χ1v) is 6.58. The zero-order valence-electron chi connectivity index (χ0n) is 10.7. The molecule has 0 spiro atoms. The second-order valence-corrected chi connectivity index (χ2v) is 5.24. The molecular formula is C15H19N3. The zero-order valence-corrected chi connectivity index (χ0v) is 10.7. The van der Waals surface area contributed by atoms with Crippen LogP contribution >= 0.6 is 0 Å². The number of rotatable bonds is 3. The van der Waals surface area contributed by atoms with E-state index in [1.807, 2.05) is 24.5 Å². The summed E-state index contributed by atoms with van der Waals surface area (Å²) in [7, 11) is 2.07. The fraction of sp³-hybridized carbons (Fsp3) is 0.400. The number of hydrogen-bond acceptors (Lipinski definition) is 2. The first-order valence-electron chi connectivity index (χ1n) is 6.58. The van der Waals surface area contributed by atoms with Crippen molar-refractivity contribution in [2.45, 2.75) is 25.2 Å². The average molecular weight is 241 g/mol. The van der Waals surface area contributed by atoms with Gasteiger partial charge in [-0.25, -0.2) is 4.98 Å². The third kappa shape index (κ3) is 1.90. The van der Waals surface area contributed by atoms with E-state index in [1.54, 1.807) is 0 Å². The Bertz CT molecular complexity index is 540. The molecule has 2 N–H and O–H groups in total. The van der Waals surface area contributed by atoms with Gasteiger partial charge < -0.3 is 10.3 Å². The molecule has 3 heteroatoms. The van der Waals surface area contributed by atoms with Crippen molar-refractivity contribution >= 4 is 5.69 Å². The lowest BCUT2D eigenvalue weighted by Gasteiger charge is -2.33. The minimum Gasteiger partial charge on any atom is -0.399 e. The largest absolute Gasteiger partial charge is 0.399 e. The monoisotopic (exact) mass is 241 g/mol. The zero-order chi connectivity index (χ0) is 12.5. The van der Waals surface area contributed by atoms with Gasteiger partial charge in [-0.05, 0) is 36.5 Å². The topological polar surface area (TPSA) is 43.8 Å². The lowest BCUT2D eigenvalue weighted by Crippen LogP contribution is -2.23. The van der Waals surface area contributed by atoms with E-state index in [0.717, 1.165) is 11.5 Å². The van der Waals surface area contributed by atoms with Gasteiger partial charge in [-0.15, -0.1) is 0 Å². The Morgan fingerprint density at radius 3 is 2.78 bits per heavy atom. The van der Waals surface area contributed by atoms with Gasteiger partial charge in [-0.1, -0.05) is 18.6 Å². The fourth-order valence-corrected chi connectivity index (χ4v) is 2.83. The standard InChI is InChI=1S/C15H19N3/c1-18-9-8-17-15(18)14(11-4-2-5-11)12-6-3-7-13(16)10-12/h3,6-11,14H,2,4-5,16H2,1H3/t14-/m0/s1. The number of aryl methyl sites for hydroxylation is 1. The van der Waals surface area contributed by atoms with Crippen molar-refractivity contribution in [3.05, 3.63) is 48.0 Å². The summed E-state index contributed by atoms with van der Waals surface area (Å²) in [5, 5.41) is 0. The normalized spacial score (nSPS) is 17.4. The van der Waals surface area contributed by atoms with Crippen molar-refractivity contribution in [2.24, 2.45) is 13.0 Å². The molecule has 1 saturated carbocycles. The van der Waals surface area contributed by atoms with E-state index in [0.29, 0.717) is 11.8 Å². The van der Waals surface area contributed by atoms with Gasteiger partial charge in [0.1, 0.15) is 5.82 Å². The van der Waals surface area contributed by atoms with Crippen LogP contribution in [0.3, 0.4) is 0 Å². The van der Waals surface area contributed by atoms with Gasteiger partial charge in [0.2, 0.25) is 0 Å². The molecule has 0 amide bonds. The number of nitrogens with zero attached hydrogens (tertiary/aromatic N) is 2. The highest BCUT2D eigenvalue weighted by atomic mass is 15.0. The quantitative estimate of drug-likeness (QED) is 0.840. The van der Waals surface area contributed by atoms with Crippen LogP contribution in [-0.2, 0) is 7.05 Å². The molecule has 1 aliphatic rings. The highest BCUT2D eigenvalue weighted by molar-refractivity contribution is 5.43. The molecule has 3 rings (SSSR count). The van der Waals surface area contributed by atoms with Crippen molar-refractivity contribution < 1.29 is 0 Å². The molecule has 3 nitrogen and oxygen atoms in total. The number of nitrogen functional groups attached to an aromatic ring is 1. The maximum absolute atomic E-state index is 5.92. The van der Waals surface area contributed by atoms with Crippen LogP contribution in [0, 0.1) is 5.92 Å². The van der Waals surface area contributed by atoms with Crippen LogP contribution < -0.4 is 5.73 Å². The first-order chi connectivity index (χ1) is 8.75. The van der Waals surface area contributed by atoms with Gasteiger partial charge in [-0.3, -0.25) is 0 Å². The summed E-state index contributed by atoms with van der Waals surface area (Å²) >= 11 is 0.